The van der Waals surface area contributed by atoms with E-state index in [1.165, 1.54) is 0 Å². The van der Waals surface area contributed by atoms with Gasteiger partial charge in [0.15, 0.2) is 0 Å². The Labute approximate surface area is 120 Å². The van der Waals surface area contributed by atoms with Gasteiger partial charge in [0.1, 0.15) is 10.7 Å². The van der Waals surface area contributed by atoms with Crippen molar-refractivity contribution in [1.29, 1.82) is 0 Å². The second kappa shape index (κ2) is 6.65. The zero-order valence-corrected chi connectivity index (χ0v) is 12.8. The van der Waals surface area contributed by atoms with Gasteiger partial charge in [-0.25, -0.2) is 17.5 Å². The summed E-state index contributed by atoms with van der Waals surface area (Å²) in [6.45, 7) is 1.82. The highest BCUT2D eigenvalue weighted by Crippen LogP contribution is 2.25. The molecule has 19 heavy (non-hydrogen) atoms. The lowest BCUT2D eigenvalue weighted by molar-refractivity contribution is 0.162. The van der Waals surface area contributed by atoms with E-state index in [1.54, 1.807) is 6.92 Å². The SMILES string of the molecule is CCC(O)CCNS(=O)(=O)c1cc(N)c(Br)cc1F. The summed E-state index contributed by atoms with van der Waals surface area (Å²) in [5, 5.41) is 9.33. The topological polar surface area (TPSA) is 92.4 Å². The maximum absolute atomic E-state index is 13.6. The Balaban J connectivity index is 2.86. The predicted molar refractivity (Wildman–Crippen MR) is 74.6 cm³/mol. The van der Waals surface area contributed by atoms with Crippen molar-refractivity contribution in [2.75, 3.05) is 12.3 Å². The third kappa shape index (κ3) is 4.41. The number of nitrogens with two attached hydrogens (primary N) is 1. The first-order valence-electron chi connectivity index (χ1n) is 5.70. The standard InChI is InChI=1S/C11H16BrFN2O3S/c1-2-7(16)3-4-15-19(17,18)11-6-10(14)8(12)5-9(11)13/h5-7,15-16H,2-4,14H2,1H3. The van der Waals surface area contributed by atoms with E-state index >= 15 is 0 Å². The van der Waals surface area contributed by atoms with Gasteiger partial charge in [-0.15, -0.1) is 0 Å². The second-order valence-corrected chi connectivity index (χ2v) is 6.64. The molecule has 1 unspecified atom stereocenters. The number of aliphatic hydroxyl groups excluding tert-OH is 1. The molecule has 0 radical (unpaired) electrons. The van der Waals surface area contributed by atoms with Gasteiger partial charge in [0, 0.05) is 16.7 Å². The van der Waals surface area contributed by atoms with Crippen LogP contribution in [0.3, 0.4) is 0 Å². The number of halogens is 2. The van der Waals surface area contributed by atoms with Crippen molar-refractivity contribution in [1.82, 2.24) is 4.72 Å². The van der Waals surface area contributed by atoms with E-state index in [-0.39, 0.29) is 18.7 Å². The third-order valence-corrected chi connectivity index (χ3v) is 4.74. The molecule has 0 heterocycles. The van der Waals surface area contributed by atoms with Crippen LogP contribution < -0.4 is 10.5 Å². The summed E-state index contributed by atoms with van der Waals surface area (Å²) in [4.78, 5) is -0.501. The van der Waals surface area contributed by atoms with Gasteiger partial charge < -0.3 is 10.8 Å². The maximum Gasteiger partial charge on any atom is 0.243 e. The predicted octanol–water partition coefficient (Wildman–Crippen LogP) is 1.61. The number of hydrogen-bond donors (Lipinski definition) is 3. The van der Waals surface area contributed by atoms with Crippen molar-refractivity contribution in [3.8, 4) is 0 Å². The average Bonchev–Trinajstić information content (AvgIpc) is 2.33. The average molecular weight is 355 g/mol. The number of benzene rings is 1. The molecular formula is C11H16BrFN2O3S. The summed E-state index contributed by atoms with van der Waals surface area (Å²) in [5.74, 6) is -0.885. The van der Waals surface area contributed by atoms with Crippen LogP contribution in [-0.2, 0) is 10.0 Å². The number of aliphatic hydroxyl groups is 1. The van der Waals surface area contributed by atoms with Gasteiger partial charge in [-0.1, -0.05) is 6.92 Å². The van der Waals surface area contributed by atoms with Crippen molar-refractivity contribution < 1.29 is 17.9 Å². The van der Waals surface area contributed by atoms with Gasteiger partial charge in [0.2, 0.25) is 10.0 Å². The van der Waals surface area contributed by atoms with Crippen LogP contribution in [0.1, 0.15) is 19.8 Å². The Morgan fingerprint density at radius 1 is 1.53 bits per heavy atom. The Hall–Kier alpha value is -0.700. The van der Waals surface area contributed by atoms with Gasteiger partial charge in [0.05, 0.1) is 6.10 Å². The molecule has 1 rings (SSSR count). The van der Waals surface area contributed by atoms with Gasteiger partial charge >= 0.3 is 0 Å². The largest absolute Gasteiger partial charge is 0.398 e. The van der Waals surface area contributed by atoms with Crippen LogP contribution in [0.25, 0.3) is 0 Å². The molecular weight excluding hydrogens is 339 g/mol. The molecule has 4 N–H and O–H groups in total. The number of hydrogen-bond acceptors (Lipinski definition) is 4. The highest BCUT2D eigenvalue weighted by atomic mass is 79.9. The quantitative estimate of drug-likeness (QED) is 0.676. The summed E-state index contributed by atoms with van der Waals surface area (Å²) in [6, 6.07) is 2.06. The maximum atomic E-state index is 13.6. The molecule has 0 aliphatic heterocycles. The molecule has 0 fully saturated rings. The molecule has 1 atom stereocenters. The van der Waals surface area contributed by atoms with Crippen LogP contribution in [-0.4, -0.2) is 26.2 Å². The summed E-state index contributed by atoms with van der Waals surface area (Å²) in [7, 11) is -3.97. The van der Waals surface area contributed by atoms with Crippen LogP contribution in [0.2, 0.25) is 0 Å². The number of anilines is 1. The zero-order valence-electron chi connectivity index (χ0n) is 10.4. The minimum absolute atomic E-state index is 0.0345. The normalized spacial score (nSPS) is 13.5. The first kappa shape index (κ1) is 16.4. The summed E-state index contributed by atoms with van der Waals surface area (Å²) in [6.07, 6.45) is 0.215. The van der Waals surface area contributed by atoms with E-state index in [9.17, 15) is 17.9 Å². The molecule has 1 aromatic rings. The van der Waals surface area contributed by atoms with E-state index in [1.807, 2.05) is 0 Å². The molecule has 0 bridgehead atoms. The summed E-state index contributed by atoms with van der Waals surface area (Å²) in [5.41, 5.74) is 5.67. The zero-order chi connectivity index (χ0) is 14.6. The molecule has 0 saturated heterocycles. The van der Waals surface area contributed by atoms with E-state index in [0.717, 1.165) is 12.1 Å². The number of rotatable bonds is 6. The number of nitrogen functional groups attached to an aromatic ring is 1. The second-order valence-electron chi connectivity index (χ2n) is 4.05. The molecule has 0 amide bonds. The Kier molecular flexibility index (Phi) is 5.72. The first-order chi connectivity index (χ1) is 8.77. The molecule has 0 aliphatic rings. The highest BCUT2D eigenvalue weighted by molar-refractivity contribution is 9.10. The van der Waals surface area contributed by atoms with Crippen molar-refractivity contribution in [2.24, 2.45) is 0 Å². The van der Waals surface area contributed by atoms with Crippen LogP contribution in [0.5, 0.6) is 0 Å². The van der Waals surface area contributed by atoms with E-state index in [0.29, 0.717) is 10.9 Å². The number of sulfonamides is 1. The van der Waals surface area contributed by atoms with Gasteiger partial charge in [0.25, 0.3) is 0 Å². The minimum Gasteiger partial charge on any atom is -0.398 e. The lowest BCUT2D eigenvalue weighted by Gasteiger charge is -2.11. The first-order valence-corrected chi connectivity index (χ1v) is 7.97. The molecule has 0 aromatic heterocycles. The van der Waals surface area contributed by atoms with Crippen molar-refractivity contribution in [3.63, 3.8) is 0 Å². The molecule has 0 spiro atoms. The molecule has 1 aromatic carbocycles. The van der Waals surface area contributed by atoms with Crippen LogP contribution in [0.4, 0.5) is 10.1 Å². The van der Waals surface area contributed by atoms with E-state index in [4.69, 9.17) is 5.73 Å². The van der Waals surface area contributed by atoms with Crippen molar-refractivity contribution in [3.05, 3.63) is 22.4 Å². The Morgan fingerprint density at radius 2 is 2.16 bits per heavy atom. The fourth-order valence-electron chi connectivity index (χ4n) is 1.39. The third-order valence-electron chi connectivity index (χ3n) is 2.58. The molecule has 8 heteroatoms. The molecule has 108 valence electrons. The van der Waals surface area contributed by atoms with Crippen LogP contribution in [0, 0.1) is 5.82 Å². The highest BCUT2D eigenvalue weighted by Gasteiger charge is 2.20. The summed E-state index contributed by atoms with van der Waals surface area (Å²) < 4.78 is 39.9. The van der Waals surface area contributed by atoms with Gasteiger partial charge in [-0.05, 0) is 40.9 Å². The van der Waals surface area contributed by atoms with Crippen molar-refractivity contribution in [2.45, 2.75) is 30.8 Å². The van der Waals surface area contributed by atoms with Gasteiger partial charge in [-0.2, -0.15) is 0 Å². The molecule has 0 saturated carbocycles. The summed E-state index contributed by atoms with van der Waals surface area (Å²) >= 11 is 3.01. The van der Waals surface area contributed by atoms with E-state index < -0.39 is 26.8 Å². The fourth-order valence-corrected chi connectivity index (χ4v) is 2.85. The Morgan fingerprint density at radius 3 is 2.74 bits per heavy atom. The monoisotopic (exact) mass is 354 g/mol. The fraction of sp³-hybridized carbons (Fsp3) is 0.455. The van der Waals surface area contributed by atoms with Crippen LogP contribution in [0.15, 0.2) is 21.5 Å². The molecule has 5 nitrogen and oxygen atoms in total. The van der Waals surface area contributed by atoms with Gasteiger partial charge in [-0.3, -0.25) is 0 Å². The minimum atomic E-state index is -3.97. The van der Waals surface area contributed by atoms with E-state index in [2.05, 4.69) is 20.7 Å². The lowest BCUT2D eigenvalue weighted by Crippen LogP contribution is -2.28. The lowest BCUT2D eigenvalue weighted by atomic mass is 10.2. The number of nitrogens with one attached hydrogen (secondary N) is 1. The van der Waals surface area contributed by atoms with Crippen molar-refractivity contribution >= 4 is 31.6 Å². The molecule has 0 aliphatic carbocycles. The Bertz CT molecular complexity index is 551. The van der Waals surface area contributed by atoms with Crippen LogP contribution >= 0.6 is 15.9 Å². The smallest absolute Gasteiger partial charge is 0.243 e.